The lowest BCUT2D eigenvalue weighted by atomic mass is 10.2. The zero-order valence-corrected chi connectivity index (χ0v) is 6.90. The van der Waals surface area contributed by atoms with Crippen molar-refractivity contribution in [1.82, 2.24) is 0 Å². The van der Waals surface area contributed by atoms with Gasteiger partial charge >= 0.3 is 0 Å². The largest absolute Gasteiger partial charge is 0.256 e. The Morgan fingerprint density at radius 3 is 2.58 bits per heavy atom. The first-order valence-electron chi connectivity index (χ1n) is 3.75. The molecule has 1 nitrogen and oxygen atoms in total. The average molecular weight is 157 g/mol. The molecule has 0 bridgehead atoms. The number of para-hydroxylation sites is 1. The van der Waals surface area contributed by atoms with E-state index in [2.05, 4.69) is 18.2 Å². The van der Waals surface area contributed by atoms with E-state index >= 15 is 0 Å². The van der Waals surface area contributed by atoms with Gasteiger partial charge in [0.05, 0.1) is 5.69 Å². The molecule has 0 aromatic heterocycles. The molecule has 0 spiro atoms. The van der Waals surface area contributed by atoms with Crippen molar-refractivity contribution in [3.05, 3.63) is 49.1 Å². The van der Waals surface area contributed by atoms with Gasteiger partial charge in [-0.15, -0.1) is 0 Å². The molecule has 12 heavy (non-hydrogen) atoms. The van der Waals surface area contributed by atoms with Crippen molar-refractivity contribution in [2.24, 2.45) is 4.99 Å². The summed E-state index contributed by atoms with van der Waals surface area (Å²) >= 11 is 0. The molecule has 60 valence electrons. The summed E-state index contributed by atoms with van der Waals surface area (Å²) in [4.78, 5) is 4.18. The van der Waals surface area contributed by atoms with Crippen LogP contribution in [0.5, 0.6) is 0 Å². The Morgan fingerprint density at radius 1 is 1.17 bits per heavy atom. The molecule has 0 atom stereocenters. The summed E-state index contributed by atoms with van der Waals surface area (Å²) in [7, 11) is 0. The first kappa shape index (κ1) is 8.47. The maximum Gasteiger partial charge on any atom is 0.0701 e. The lowest BCUT2D eigenvalue weighted by Gasteiger charge is -1.97. The Labute approximate surface area is 72.8 Å². The molecule has 0 heterocycles. The van der Waals surface area contributed by atoms with Gasteiger partial charge in [0.1, 0.15) is 0 Å². The molecule has 0 saturated heterocycles. The van der Waals surface area contributed by atoms with E-state index in [0.717, 1.165) is 11.3 Å². The average Bonchev–Trinajstić information content (AvgIpc) is 2.15. The van der Waals surface area contributed by atoms with Crippen LogP contribution in [0, 0.1) is 0 Å². The Kier molecular flexibility index (Phi) is 3.03. The van der Waals surface area contributed by atoms with Gasteiger partial charge in [-0.05, 0) is 11.6 Å². The second kappa shape index (κ2) is 4.29. The van der Waals surface area contributed by atoms with Crippen LogP contribution in [0.25, 0.3) is 6.08 Å². The molecule has 0 unspecified atom stereocenters. The van der Waals surface area contributed by atoms with Gasteiger partial charge in [0.25, 0.3) is 0 Å². The fraction of sp³-hybridized carbons (Fsp3) is 0. The van der Waals surface area contributed by atoms with E-state index in [0.29, 0.717) is 0 Å². The number of nitrogens with zero attached hydrogens (tertiary/aromatic N) is 1. The van der Waals surface area contributed by atoms with Gasteiger partial charge in [-0.2, -0.15) is 0 Å². The molecule has 1 heteroatoms. The number of hydrogen-bond donors (Lipinski definition) is 0. The van der Waals surface area contributed by atoms with Gasteiger partial charge in [0, 0.05) is 6.21 Å². The quantitative estimate of drug-likeness (QED) is 0.597. The van der Waals surface area contributed by atoms with Crippen LogP contribution in [0.2, 0.25) is 0 Å². The third-order valence-electron chi connectivity index (χ3n) is 1.48. The van der Waals surface area contributed by atoms with E-state index in [9.17, 15) is 0 Å². The lowest BCUT2D eigenvalue weighted by Crippen LogP contribution is -1.72. The standard InChI is InChI=1S/C11H11N/c1-3-9-12-11-8-6-5-7-10(11)4-2/h3-9H,1-2H2/b12-9-. The molecule has 0 saturated carbocycles. The monoisotopic (exact) mass is 157 g/mol. The first-order chi connectivity index (χ1) is 5.88. The highest BCUT2D eigenvalue weighted by atomic mass is 14.7. The van der Waals surface area contributed by atoms with E-state index in [-0.39, 0.29) is 0 Å². The van der Waals surface area contributed by atoms with Gasteiger partial charge < -0.3 is 0 Å². The van der Waals surface area contributed by atoms with Crippen LogP contribution in [-0.4, -0.2) is 6.21 Å². The highest BCUT2D eigenvalue weighted by Crippen LogP contribution is 2.18. The van der Waals surface area contributed by atoms with E-state index in [1.807, 2.05) is 24.3 Å². The van der Waals surface area contributed by atoms with Crippen molar-refractivity contribution >= 4 is 18.0 Å². The molecule has 0 aliphatic heterocycles. The number of hydrogen-bond acceptors (Lipinski definition) is 1. The second-order valence-electron chi connectivity index (χ2n) is 2.28. The predicted molar refractivity (Wildman–Crippen MR) is 54.9 cm³/mol. The van der Waals surface area contributed by atoms with Crippen molar-refractivity contribution in [2.45, 2.75) is 0 Å². The molecule has 0 fully saturated rings. The van der Waals surface area contributed by atoms with Crippen LogP contribution in [0.4, 0.5) is 5.69 Å². The topological polar surface area (TPSA) is 12.4 Å². The van der Waals surface area contributed by atoms with Crippen LogP contribution >= 0.6 is 0 Å². The summed E-state index contributed by atoms with van der Waals surface area (Å²) < 4.78 is 0. The Bertz CT molecular complexity index is 311. The molecule has 0 aliphatic carbocycles. The SMILES string of the molecule is C=C/C=N\c1ccccc1C=C. The van der Waals surface area contributed by atoms with Crippen molar-refractivity contribution in [3.63, 3.8) is 0 Å². The van der Waals surface area contributed by atoms with Crippen LogP contribution in [0.15, 0.2) is 48.5 Å². The number of benzene rings is 1. The van der Waals surface area contributed by atoms with Gasteiger partial charge in [0.2, 0.25) is 0 Å². The number of aliphatic imine (C=N–C) groups is 1. The highest BCUT2D eigenvalue weighted by Gasteiger charge is 1.91. The van der Waals surface area contributed by atoms with E-state index in [1.165, 1.54) is 0 Å². The summed E-state index contributed by atoms with van der Waals surface area (Å²) in [6, 6.07) is 7.83. The number of allylic oxidation sites excluding steroid dienone is 1. The first-order valence-corrected chi connectivity index (χ1v) is 3.75. The highest BCUT2D eigenvalue weighted by molar-refractivity contribution is 5.76. The molecule has 1 aromatic carbocycles. The van der Waals surface area contributed by atoms with Gasteiger partial charge in [-0.1, -0.05) is 43.5 Å². The Hall–Kier alpha value is -1.63. The molecular weight excluding hydrogens is 146 g/mol. The maximum absolute atomic E-state index is 4.18. The summed E-state index contributed by atoms with van der Waals surface area (Å²) in [6.07, 6.45) is 5.11. The van der Waals surface area contributed by atoms with Crippen molar-refractivity contribution in [1.29, 1.82) is 0 Å². The zero-order chi connectivity index (χ0) is 8.81. The zero-order valence-electron chi connectivity index (χ0n) is 6.90. The summed E-state index contributed by atoms with van der Waals surface area (Å²) in [6.45, 7) is 7.26. The van der Waals surface area contributed by atoms with E-state index in [4.69, 9.17) is 0 Å². The molecule has 1 rings (SSSR count). The van der Waals surface area contributed by atoms with Gasteiger partial charge in [0.15, 0.2) is 0 Å². The third kappa shape index (κ3) is 1.92. The van der Waals surface area contributed by atoms with Gasteiger partial charge in [-0.25, -0.2) is 0 Å². The van der Waals surface area contributed by atoms with Crippen molar-refractivity contribution in [3.8, 4) is 0 Å². The van der Waals surface area contributed by atoms with Gasteiger partial charge in [-0.3, -0.25) is 4.99 Å². The minimum atomic E-state index is 0.924. The Balaban J connectivity index is 3.04. The van der Waals surface area contributed by atoms with Crippen LogP contribution < -0.4 is 0 Å². The molecule has 0 aliphatic rings. The Morgan fingerprint density at radius 2 is 1.92 bits per heavy atom. The molecule has 0 N–H and O–H groups in total. The molecule has 0 radical (unpaired) electrons. The molecule has 1 aromatic rings. The second-order valence-corrected chi connectivity index (χ2v) is 2.28. The van der Waals surface area contributed by atoms with Crippen LogP contribution in [0.3, 0.4) is 0 Å². The maximum atomic E-state index is 4.18. The predicted octanol–water partition coefficient (Wildman–Crippen LogP) is 3.22. The third-order valence-corrected chi connectivity index (χ3v) is 1.48. The fourth-order valence-electron chi connectivity index (χ4n) is 0.911. The van der Waals surface area contributed by atoms with E-state index < -0.39 is 0 Å². The normalized spacial score (nSPS) is 10.0. The van der Waals surface area contributed by atoms with Crippen molar-refractivity contribution < 1.29 is 0 Å². The van der Waals surface area contributed by atoms with Crippen molar-refractivity contribution in [2.75, 3.05) is 0 Å². The minimum absolute atomic E-state index is 0.924. The minimum Gasteiger partial charge on any atom is -0.256 e. The molecule has 0 amide bonds. The summed E-state index contributed by atoms with van der Waals surface area (Å²) in [5.41, 5.74) is 1.96. The van der Waals surface area contributed by atoms with Crippen LogP contribution in [0.1, 0.15) is 5.56 Å². The smallest absolute Gasteiger partial charge is 0.0701 e. The molecular formula is C11H11N. The number of rotatable bonds is 3. The summed E-state index contributed by atoms with van der Waals surface area (Å²) in [5.74, 6) is 0. The van der Waals surface area contributed by atoms with E-state index in [1.54, 1.807) is 18.4 Å². The summed E-state index contributed by atoms with van der Waals surface area (Å²) in [5, 5.41) is 0. The van der Waals surface area contributed by atoms with Crippen LogP contribution in [-0.2, 0) is 0 Å². The lowest BCUT2D eigenvalue weighted by molar-refractivity contribution is 1.52. The fourth-order valence-corrected chi connectivity index (χ4v) is 0.911.